The van der Waals surface area contributed by atoms with E-state index in [1.807, 2.05) is 19.3 Å². The Morgan fingerprint density at radius 3 is 2.58 bits per heavy atom. The van der Waals surface area contributed by atoms with E-state index in [9.17, 15) is 4.79 Å². The number of aryl methyl sites for hydroxylation is 1. The highest BCUT2D eigenvalue weighted by Crippen LogP contribution is 2.40. The van der Waals surface area contributed by atoms with E-state index < -0.39 is 0 Å². The van der Waals surface area contributed by atoms with Crippen molar-refractivity contribution >= 4 is 27.9 Å². The second-order valence-corrected chi connectivity index (χ2v) is 12.1. The molecule has 40 heavy (non-hydrogen) atoms. The van der Waals surface area contributed by atoms with Gasteiger partial charge in [-0.05, 0) is 76.6 Å². The SMILES string of the molecule is CC(c1ccc2ncc(C3CC3)nc2c1)N1C[C@H](C)N(c2c3c(ccc(=O)n3C)nn2C2CCCCO2)C[C@H]1C. The number of hydrogen-bond acceptors (Lipinski definition) is 7. The number of aromatic nitrogens is 5. The normalized spacial score (nSPS) is 25.1. The van der Waals surface area contributed by atoms with Crippen molar-refractivity contribution in [2.45, 2.75) is 83.1 Å². The van der Waals surface area contributed by atoms with E-state index in [-0.39, 0.29) is 29.9 Å². The fraction of sp³-hybridized carbons (Fsp3) is 0.548. The summed E-state index contributed by atoms with van der Waals surface area (Å²) < 4.78 is 10.0. The Labute approximate surface area is 234 Å². The predicted molar refractivity (Wildman–Crippen MR) is 157 cm³/mol. The maximum Gasteiger partial charge on any atom is 0.250 e. The van der Waals surface area contributed by atoms with Crippen LogP contribution in [0.15, 0.2) is 41.3 Å². The molecule has 0 radical (unpaired) electrons. The lowest BCUT2D eigenvalue weighted by atomic mass is 10.00. The molecule has 4 atom stereocenters. The summed E-state index contributed by atoms with van der Waals surface area (Å²) in [6.45, 7) is 9.37. The molecule has 5 heterocycles. The van der Waals surface area contributed by atoms with Gasteiger partial charge >= 0.3 is 0 Å². The van der Waals surface area contributed by atoms with Crippen LogP contribution in [0.2, 0.25) is 0 Å². The molecular formula is C31H39N7O2. The van der Waals surface area contributed by atoms with Crippen LogP contribution in [0.4, 0.5) is 5.82 Å². The lowest BCUT2D eigenvalue weighted by molar-refractivity contribution is -0.0386. The van der Waals surface area contributed by atoms with E-state index in [1.54, 1.807) is 10.6 Å². The third kappa shape index (κ3) is 4.39. The number of pyridine rings is 1. The highest BCUT2D eigenvalue weighted by Gasteiger charge is 2.37. The Hall–Kier alpha value is -3.30. The average Bonchev–Trinajstić information content (AvgIpc) is 3.76. The summed E-state index contributed by atoms with van der Waals surface area (Å²) in [5, 5.41) is 4.99. The lowest BCUT2D eigenvalue weighted by Gasteiger charge is -2.48. The molecule has 2 saturated heterocycles. The number of piperazine rings is 1. The summed E-state index contributed by atoms with van der Waals surface area (Å²) in [5.41, 5.74) is 6.07. The topological polar surface area (TPSA) is 81.3 Å². The molecule has 3 aromatic heterocycles. The Kier molecular flexibility index (Phi) is 6.39. The molecule has 9 heteroatoms. The quantitative estimate of drug-likeness (QED) is 0.355. The summed E-state index contributed by atoms with van der Waals surface area (Å²) in [5.74, 6) is 1.59. The van der Waals surface area contributed by atoms with Gasteiger partial charge in [-0.1, -0.05) is 6.07 Å². The largest absolute Gasteiger partial charge is 0.356 e. The summed E-state index contributed by atoms with van der Waals surface area (Å²) in [7, 11) is 1.85. The standard InChI is InChI=1S/C31H39N7O2/c1-19-18-37(31-30-25(12-13-28(39)35(30)4)34-38(31)29-7-5-6-14-40-29)20(2)17-36(19)21(3)23-10-11-24-26(15-23)33-27(16-32-24)22-8-9-22/h10-13,15-16,19-22,29H,5-9,14,17-18H2,1-4H3/t19-,20+,21?,29?/m1/s1. The second kappa shape index (κ2) is 9.96. The van der Waals surface area contributed by atoms with Crippen LogP contribution in [0.25, 0.3) is 22.1 Å². The van der Waals surface area contributed by atoms with Crippen molar-refractivity contribution in [3.05, 3.63) is 58.1 Å². The highest BCUT2D eigenvalue weighted by atomic mass is 16.5. The first-order valence-electron chi connectivity index (χ1n) is 14.9. The maximum absolute atomic E-state index is 12.7. The highest BCUT2D eigenvalue weighted by molar-refractivity contribution is 5.87. The van der Waals surface area contributed by atoms with Crippen molar-refractivity contribution in [1.82, 2.24) is 29.2 Å². The van der Waals surface area contributed by atoms with Crippen LogP contribution in [0.1, 0.15) is 82.3 Å². The van der Waals surface area contributed by atoms with Gasteiger partial charge in [0.1, 0.15) is 11.0 Å². The molecule has 0 amide bonds. The van der Waals surface area contributed by atoms with Crippen molar-refractivity contribution in [3.63, 3.8) is 0 Å². The van der Waals surface area contributed by atoms with Gasteiger partial charge in [-0.3, -0.25) is 14.7 Å². The number of anilines is 1. The zero-order valence-electron chi connectivity index (χ0n) is 24.0. The number of rotatable bonds is 5. The van der Waals surface area contributed by atoms with Crippen molar-refractivity contribution in [1.29, 1.82) is 0 Å². The molecule has 210 valence electrons. The molecular weight excluding hydrogens is 502 g/mol. The van der Waals surface area contributed by atoms with Gasteiger partial charge < -0.3 is 14.2 Å². The van der Waals surface area contributed by atoms with Crippen LogP contribution in [0.5, 0.6) is 0 Å². The van der Waals surface area contributed by atoms with E-state index in [1.165, 1.54) is 18.4 Å². The molecule has 4 aromatic rings. The second-order valence-electron chi connectivity index (χ2n) is 12.1. The van der Waals surface area contributed by atoms with Gasteiger partial charge in [-0.25, -0.2) is 9.67 Å². The third-order valence-electron chi connectivity index (χ3n) is 9.23. The van der Waals surface area contributed by atoms with Crippen LogP contribution in [0, 0.1) is 0 Å². The Bertz CT molecular complexity index is 1620. The summed E-state index contributed by atoms with van der Waals surface area (Å²) in [6, 6.07) is 10.8. The number of benzene rings is 1. The lowest BCUT2D eigenvalue weighted by Crippen LogP contribution is -2.57. The molecule has 0 N–H and O–H groups in total. The van der Waals surface area contributed by atoms with Gasteiger partial charge in [-0.2, -0.15) is 5.10 Å². The van der Waals surface area contributed by atoms with E-state index in [2.05, 4.69) is 58.4 Å². The van der Waals surface area contributed by atoms with E-state index in [4.69, 9.17) is 14.8 Å². The van der Waals surface area contributed by atoms with Crippen LogP contribution >= 0.6 is 0 Å². The first kappa shape index (κ1) is 25.7. The Morgan fingerprint density at radius 2 is 1.80 bits per heavy atom. The summed E-state index contributed by atoms with van der Waals surface area (Å²) in [6.07, 6.45) is 7.44. The van der Waals surface area contributed by atoms with E-state index in [0.29, 0.717) is 5.92 Å². The maximum atomic E-state index is 12.7. The Balaban J connectivity index is 1.20. The molecule has 0 bridgehead atoms. The molecule has 9 nitrogen and oxygen atoms in total. The van der Waals surface area contributed by atoms with Crippen molar-refractivity contribution < 1.29 is 4.74 Å². The third-order valence-corrected chi connectivity index (χ3v) is 9.23. The molecule has 1 aromatic carbocycles. The van der Waals surface area contributed by atoms with Gasteiger partial charge in [0.25, 0.3) is 5.56 Å². The molecule has 7 rings (SSSR count). The molecule has 3 fully saturated rings. The summed E-state index contributed by atoms with van der Waals surface area (Å²) in [4.78, 5) is 27.4. The van der Waals surface area contributed by atoms with Crippen LogP contribution < -0.4 is 10.5 Å². The minimum atomic E-state index is -0.107. The molecule has 2 aliphatic heterocycles. The number of ether oxygens (including phenoxy) is 1. The van der Waals surface area contributed by atoms with Gasteiger partial charge in [0.05, 0.1) is 16.7 Å². The molecule has 2 unspecified atom stereocenters. The zero-order valence-corrected chi connectivity index (χ0v) is 24.0. The molecule has 1 aliphatic carbocycles. The van der Waals surface area contributed by atoms with Crippen LogP contribution in [0.3, 0.4) is 0 Å². The minimum absolute atomic E-state index is 0.0185. The molecule has 3 aliphatic rings. The number of hydrogen-bond donors (Lipinski definition) is 0. The first-order valence-corrected chi connectivity index (χ1v) is 14.9. The van der Waals surface area contributed by atoms with Gasteiger partial charge in [0, 0.05) is 63.1 Å². The summed E-state index contributed by atoms with van der Waals surface area (Å²) >= 11 is 0. The van der Waals surface area contributed by atoms with Crippen molar-refractivity contribution in [2.24, 2.45) is 7.05 Å². The molecule has 1 saturated carbocycles. The first-order chi connectivity index (χ1) is 19.4. The minimum Gasteiger partial charge on any atom is -0.356 e. The average molecular weight is 542 g/mol. The van der Waals surface area contributed by atoms with Crippen LogP contribution in [-0.2, 0) is 11.8 Å². The fourth-order valence-corrected chi connectivity index (χ4v) is 6.68. The smallest absolute Gasteiger partial charge is 0.250 e. The predicted octanol–water partition coefficient (Wildman–Crippen LogP) is 4.91. The van der Waals surface area contributed by atoms with Crippen molar-refractivity contribution in [3.8, 4) is 0 Å². The van der Waals surface area contributed by atoms with Gasteiger partial charge in [0.15, 0.2) is 12.0 Å². The van der Waals surface area contributed by atoms with Crippen molar-refractivity contribution in [2.75, 3.05) is 24.6 Å². The van der Waals surface area contributed by atoms with Gasteiger partial charge in [0.2, 0.25) is 0 Å². The van der Waals surface area contributed by atoms with E-state index >= 15 is 0 Å². The monoisotopic (exact) mass is 541 g/mol. The van der Waals surface area contributed by atoms with Gasteiger partial charge in [-0.15, -0.1) is 0 Å². The van der Waals surface area contributed by atoms with E-state index in [0.717, 1.165) is 72.5 Å². The zero-order chi connectivity index (χ0) is 27.5. The number of nitrogens with zero attached hydrogens (tertiary/aromatic N) is 7. The number of fused-ring (bicyclic) bond motifs is 2. The fourth-order valence-electron chi connectivity index (χ4n) is 6.68. The van der Waals surface area contributed by atoms with Crippen LogP contribution in [-0.4, -0.2) is 61.0 Å². The Morgan fingerprint density at radius 1 is 0.975 bits per heavy atom. The molecule has 0 spiro atoms.